The van der Waals surface area contributed by atoms with Crippen molar-refractivity contribution >= 4 is 23.3 Å². The number of hydrogen-bond acceptors (Lipinski definition) is 6. The number of nitrogens with zero attached hydrogens (tertiary/aromatic N) is 3. The molecule has 0 aliphatic carbocycles. The van der Waals surface area contributed by atoms with Gasteiger partial charge in [0.15, 0.2) is 23.0 Å². The molecule has 3 aromatic rings. The predicted octanol–water partition coefficient (Wildman–Crippen LogP) is 2.49. The highest BCUT2D eigenvalue weighted by Gasteiger charge is 2.18. The summed E-state index contributed by atoms with van der Waals surface area (Å²) in [4.78, 5) is 12.4. The molecule has 9 heteroatoms. The molecule has 0 spiro atoms. The van der Waals surface area contributed by atoms with Gasteiger partial charge in [-0.3, -0.25) is 4.79 Å². The van der Waals surface area contributed by atoms with Crippen LogP contribution in [-0.4, -0.2) is 41.7 Å². The third kappa shape index (κ3) is 4.17. The van der Waals surface area contributed by atoms with E-state index in [0.717, 1.165) is 5.56 Å². The van der Waals surface area contributed by atoms with Crippen molar-refractivity contribution in [2.24, 2.45) is 0 Å². The van der Waals surface area contributed by atoms with Crippen LogP contribution < -0.4 is 20.5 Å². The van der Waals surface area contributed by atoms with E-state index in [0.29, 0.717) is 35.2 Å². The molecular weight excluding hydrogens is 382 g/mol. The van der Waals surface area contributed by atoms with Gasteiger partial charge >= 0.3 is 0 Å². The summed E-state index contributed by atoms with van der Waals surface area (Å²) in [5.41, 5.74) is 7.77. The lowest BCUT2D eigenvalue weighted by Gasteiger charge is -2.10. The highest BCUT2D eigenvalue weighted by Crippen LogP contribution is 2.27. The van der Waals surface area contributed by atoms with Crippen molar-refractivity contribution in [2.45, 2.75) is 6.42 Å². The van der Waals surface area contributed by atoms with Crippen LogP contribution in [0.5, 0.6) is 11.5 Å². The van der Waals surface area contributed by atoms with Gasteiger partial charge in [0, 0.05) is 11.6 Å². The van der Waals surface area contributed by atoms with Gasteiger partial charge in [0.05, 0.1) is 19.9 Å². The number of rotatable bonds is 7. The lowest BCUT2D eigenvalue weighted by Crippen LogP contribution is -2.27. The molecule has 0 radical (unpaired) electrons. The van der Waals surface area contributed by atoms with Crippen molar-refractivity contribution in [3.8, 4) is 17.2 Å². The lowest BCUT2D eigenvalue weighted by atomic mass is 10.1. The average molecular weight is 402 g/mol. The first-order chi connectivity index (χ1) is 13.5. The number of nitrogens with one attached hydrogen (secondary N) is 1. The molecule has 0 aliphatic heterocycles. The van der Waals surface area contributed by atoms with E-state index in [4.69, 9.17) is 26.8 Å². The van der Waals surface area contributed by atoms with Crippen LogP contribution in [0.4, 0.5) is 5.82 Å². The fourth-order valence-corrected chi connectivity index (χ4v) is 2.79. The highest BCUT2D eigenvalue weighted by atomic mass is 35.5. The smallest absolute Gasteiger partial charge is 0.275 e. The van der Waals surface area contributed by atoms with E-state index in [1.54, 1.807) is 38.5 Å². The van der Waals surface area contributed by atoms with Crippen molar-refractivity contribution in [3.05, 3.63) is 58.7 Å². The van der Waals surface area contributed by atoms with Gasteiger partial charge in [-0.25, -0.2) is 0 Å². The summed E-state index contributed by atoms with van der Waals surface area (Å²) in [6.07, 6.45) is 0.608. The Labute approximate surface area is 167 Å². The van der Waals surface area contributed by atoms with E-state index in [1.165, 1.54) is 4.68 Å². The molecule has 0 unspecified atom stereocenters. The molecule has 28 heavy (non-hydrogen) atoms. The Hall–Kier alpha value is -3.26. The first-order valence-electron chi connectivity index (χ1n) is 8.49. The fraction of sp³-hybridized carbons (Fsp3) is 0.211. The van der Waals surface area contributed by atoms with Crippen molar-refractivity contribution in [1.29, 1.82) is 0 Å². The van der Waals surface area contributed by atoms with E-state index in [-0.39, 0.29) is 11.5 Å². The second-order valence-corrected chi connectivity index (χ2v) is 6.34. The Bertz CT molecular complexity index is 972. The first-order valence-corrected chi connectivity index (χ1v) is 8.87. The summed E-state index contributed by atoms with van der Waals surface area (Å²) >= 11 is 5.88. The quantitative estimate of drug-likeness (QED) is 0.630. The molecule has 1 heterocycles. The minimum absolute atomic E-state index is 0.0715. The Balaban J connectivity index is 1.63. The Morgan fingerprint density at radius 1 is 1.14 bits per heavy atom. The van der Waals surface area contributed by atoms with Crippen molar-refractivity contribution in [2.75, 3.05) is 26.5 Å². The molecule has 0 atom stereocenters. The van der Waals surface area contributed by atoms with Crippen molar-refractivity contribution in [3.63, 3.8) is 0 Å². The molecule has 0 saturated carbocycles. The number of aromatic nitrogens is 3. The van der Waals surface area contributed by atoms with Crippen LogP contribution in [0.25, 0.3) is 5.69 Å². The summed E-state index contributed by atoms with van der Waals surface area (Å²) in [6.45, 7) is 0.404. The van der Waals surface area contributed by atoms with Crippen LogP contribution >= 0.6 is 11.6 Å². The van der Waals surface area contributed by atoms with E-state index < -0.39 is 5.91 Å². The molecule has 3 N–H and O–H groups in total. The average Bonchev–Trinajstić information content (AvgIpc) is 3.09. The summed E-state index contributed by atoms with van der Waals surface area (Å²) in [7, 11) is 3.16. The second kappa shape index (κ2) is 8.62. The van der Waals surface area contributed by atoms with Crippen molar-refractivity contribution < 1.29 is 14.3 Å². The molecule has 8 nitrogen and oxygen atoms in total. The van der Waals surface area contributed by atoms with Crippen molar-refractivity contribution in [1.82, 2.24) is 20.3 Å². The van der Waals surface area contributed by atoms with E-state index in [2.05, 4.69) is 15.6 Å². The first kappa shape index (κ1) is 19.5. The number of nitrogen functional groups attached to an aromatic ring is 1. The molecule has 2 aromatic carbocycles. The number of methoxy groups -OCH3 is 2. The minimum atomic E-state index is -0.391. The summed E-state index contributed by atoms with van der Waals surface area (Å²) in [5, 5.41) is 11.2. The Morgan fingerprint density at radius 2 is 1.86 bits per heavy atom. The van der Waals surface area contributed by atoms with Gasteiger partial charge in [0.1, 0.15) is 0 Å². The molecule has 146 valence electrons. The maximum Gasteiger partial charge on any atom is 0.275 e. The fourth-order valence-electron chi connectivity index (χ4n) is 2.66. The molecule has 1 aromatic heterocycles. The van der Waals surface area contributed by atoms with Gasteiger partial charge in [-0.05, 0) is 48.4 Å². The number of hydrogen-bond donors (Lipinski definition) is 2. The number of anilines is 1. The summed E-state index contributed by atoms with van der Waals surface area (Å²) < 4.78 is 11.9. The number of carbonyl (C=O) groups excluding carboxylic acids is 1. The van der Waals surface area contributed by atoms with E-state index >= 15 is 0 Å². The van der Waals surface area contributed by atoms with Crippen LogP contribution in [0.1, 0.15) is 16.1 Å². The van der Waals surface area contributed by atoms with Crippen LogP contribution in [0.3, 0.4) is 0 Å². The molecule has 0 bridgehead atoms. The zero-order valence-electron chi connectivity index (χ0n) is 15.5. The monoisotopic (exact) mass is 401 g/mol. The van der Waals surface area contributed by atoms with Gasteiger partial charge in [0.25, 0.3) is 5.91 Å². The SMILES string of the molecule is COc1ccc(CCNC(=O)c2nnn(-c3ccc(Cl)cc3)c2N)cc1OC. The van der Waals surface area contributed by atoms with Gasteiger partial charge in [-0.2, -0.15) is 4.68 Å². The molecular formula is C19H20ClN5O3. The number of ether oxygens (including phenoxy) is 2. The zero-order valence-corrected chi connectivity index (χ0v) is 16.2. The normalized spacial score (nSPS) is 10.5. The van der Waals surface area contributed by atoms with Gasteiger partial charge in [-0.1, -0.05) is 22.9 Å². The molecule has 1 amide bonds. The molecule has 0 saturated heterocycles. The van der Waals surface area contributed by atoms with Crippen LogP contribution in [0.2, 0.25) is 5.02 Å². The molecule has 3 rings (SSSR count). The third-order valence-corrected chi connectivity index (χ3v) is 4.39. The minimum Gasteiger partial charge on any atom is -0.493 e. The van der Waals surface area contributed by atoms with Gasteiger partial charge in [0.2, 0.25) is 0 Å². The lowest BCUT2D eigenvalue weighted by molar-refractivity contribution is 0.0950. The standard InChI is InChI=1S/C19H20ClN5O3/c1-27-15-8-3-12(11-16(15)28-2)9-10-22-19(26)17-18(21)25(24-23-17)14-6-4-13(20)5-7-14/h3-8,11H,9-10,21H2,1-2H3,(H,22,26). The number of carbonyl (C=O) groups is 1. The van der Waals surface area contributed by atoms with E-state index in [1.807, 2.05) is 18.2 Å². The topological polar surface area (TPSA) is 104 Å². The number of nitrogens with two attached hydrogens (primary N) is 1. The van der Waals surface area contributed by atoms with E-state index in [9.17, 15) is 4.79 Å². The third-order valence-electron chi connectivity index (χ3n) is 4.14. The van der Waals surface area contributed by atoms with Crippen LogP contribution in [-0.2, 0) is 6.42 Å². The maximum absolute atomic E-state index is 12.4. The molecule has 0 aliphatic rings. The number of amides is 1. The van der Waals surface area contributed by atoms with Gasteiger partial charge < -0.3 is 20.5 Å². The summed E-state index contributed by atoms with van der Waals surface area (Å²) in [5.74, 6) is 1.06. The largest absolute Gasteiger partial charge is 0.493 e. The maximum atomic E-state index is 12.4. The molecule has 0 fully saturated rings. The second-order valence-electron chi connectivity index (χ2n) is 5.91. The van der Waals surface area contributed by atoms with Crippen LogP contribution in [0, 0.1) is 0 Å². The zero-order chi connectivity index (χ0) is 20.1. The summed E-state index contributed by atoms with van der Waals surface area (Å²) in [6, 6.07) is 12.5. The Morgan fingerprint density at radius 3 is 2.54 bits per heavy atom. The highest BCUT2D eigenvalue weighted by molar-refractivity contribution is 6.30. The number of benzene rings is 2. The predicted molar refractivity (Wildman–Crippen MR) is 106 cm³/mol. The van der Waals surface area contributed by atoms with Gasteiger partial charge in [-0.15, -0.1) is 5.10 Å². The number of halogens is 1. The van der Waals surface area contributed by atoms with Crippen LogP contribution in [0.15, 0.2) is 42.5 Å². The Kier molecular flexibility index (Phi) is 6.00.